The van der Waals surface area contributed by atoms with Crippen LogP contribution in [0.5, 0.6) is 0 Å². The van der Waals surface area contributed by atoms with Crippen molar-refractivity contribution in [2.75, 3.05) is 31.1 Å². The lowest BCUT2D eigenvalue weighted by Gasteiger charge is -2.29. The topological polar surface area (TPSA) is 48.1 Å². The monoisotopic (exact) mass is 271 g/mol. The van der Waals surface area contributed by atoms with Gasteiger partial charge in [-0.25, -0.2) is 0 Å². The number of piperazine rings is 1. The summed E-state index contributed by atoms with van der Waals surface area (Å²) in [4.78, 5) is 17.4. The number of hydrogen-bond acceptors (Lipinski definition) is 3. The molecule has 0 unspecified atom stereocenters. The summed E-state index contributed by atoms with van der Waals surface area (Å²) in [5.41, 5.74) is 3.07. The predicted molar refractivity (Wildman–Crippen MR) is 83.6 cm³/mol. The summed E-state index contributed by atoms with van der Waals surface area (Å²) in [5.74, 6) is 0. The Labute approximate surface area is 118 Å². The van der Waals surface area contributed by atoms with Crippen LogP contribution in [-0.4, -0.2) is 31.2 Å². The van der Waals surface area contributed by atoms with E-state index in [9.17, 15) is 4.79 Å². The molecule has 2 aromatic rings. The zero-order chi connectivity index (χ0) is 13.9. The molecule has 4 nitrogen and oxygen atoms in total. The normalized spacial score (nSPS) is 15.8. The molecule has 3 rings (SSSR count). The minimum atomic E-state index is 0.0526. The van der Waals surface area contributed by atoms with Crippen LogP contribution in [0, 0.1) is 0 Å². The van der Waals surface area contributed by atoms with Crippen molar-refractivity contribution in [2.24, 2.45) is 0 Å². The molecule has 0 amide bonds. The van der Waals surface area contributed by atoms with Gasteiger partial charge >= 0.3 is 0 Å². The highest BCUT2D eigenvalue weighted by Crippen LogP contribution is 2.21. The van der Waals surface area contributed by atoms with E-state index in [1.807, 2.05) is 6.07 Å². The Morgan fingerprint density at radius 3 is 2.75 bits per heavy atom. The molecule has 0 spiro atoms. The Morgan fingerprint density at radius 1 is 1.20 bits per heavy atom. The maximum Gasteiger partial charge on any atom is 0.251 e. The first-order chi connectivity index (χ1) is 9.78. The lowest BCUT2D eigenvalue weighted by atomic mass is 10.1. The third kappa shape index (κ3) is 2.56. The van der Waals surface area contributed by atoms with Crippen molar-refractivity contribution < 1.29 is 0 Å². The quantitative estimate of drug-likeness (QED) is 0.896. The minimum Gasteiger partial charge on any atom is -0.369 e. The number of nitrogens with zero attached hydrogens (tertiary/aromatic N) is 1. The first kappa shape index (κ1) is 13.2. The number of aryl methyl sites for hydroxylation is 1. The molecule has 0 bridgehead atoms. The molecule has 106 valence electrons. The Balaban J connectivity index is 1.98. The summed E-state index contributed by atoms with van der Waals surface area (Å²) in [6.45, 7) is 6.17. The van der Waals surface area contributed by atoms with Crippen LogP contribution in [-0.2, 0) is 6.42 Å². The minimum absolute atomic E-state index is 0.0526. The number of aromatic amines is 1. The molecule has 1 aliphatic heterocycles. The molecule has 2 N–H and O–H groups in total. The summed E-state index contributed by atoms with van der Waals surface area (Å²) >= 11 is 0. The van der Waals surface area contributed by atoms with Gasteiger partial charge < -0.3 is 15.2 Å². The first-order valence-corrected chi connectivity index (χ1v) is 7.39. The zero-order valence-electron chi connectivity index (χ0n) is 11.9. The van der Waals surface area contributed by atoms with Gasteiger partial charge in [0, 0.05) is 37.4 Å². The number of fused-ring (bicyclic) bond motifs is 1. The summed E-state index contributed by atoms with van der Waals surface area (Å²) < 4.78 is 0. The molecular formula is C16H21N3O. The molecule has 1 aromatic carbocycles. The van der Waals surface area contributed by atoms with Gasteiger partial charge in [0.2, 0.25) is 0 Å². The van der Waals surface area contributed by atoms with Crippen molar-refractivity contribution in [1.29, 1.82) is 0 Å². The fourth-order valence-corrected chi connectivity index (χ4v) is 2.81. The first-order valence-electron chi connectivity index (χ1n) is 7.39. The van der Waals surface area contributed by atoms with E-state index in [1.165, 1.54) is 5.69 Å². The highest BCUT2D eigenvalue weighted by atomic mass is 16.1. The Hall–Kier alpha value is -1.81. The maximum atomic E-state index is 12.0. The van der Waals surface area contributed by atoms with Gasteiger partial charge in [-0.15, -0.1) is 0 Å². The molecular weight excluding hydrogens is 250 g/mol. The van der Waals surface area contributed by atoms with Crippen molar-refractivity contribution in [3.63, 3.8) is 0 Å². The molecule has 4 heteroatoms. The van der Waals surface area contributed by atoms with Crippen molar-refractivity contribution >= 4 is 16.6 Å². The van der Waals surface area contributed by atoms with E-state index in [0.29, 0.717) is 0 Å². The standard InChI is InChI=1S/C16H21N3O/c1-2-3-13-10-12-4-5-14(11-15(12)18-16(13)20)19-8-6-17-7-9-19/h4-5,10-11,17H,2-3,6-9H2,1H3,(H,18,20). The molecule has 2 heterocycles. The van der Waals surface area contributed by atoms with E-state index < -0.39 is 0 Å². The fraction of sp³-hybridized carbons (Fsp3) is 0.438. The Bertz CT molecular complexity index is 656. The van der Waals surface area contributed by atoms with Crippen molar-refractivity contribution in [3.8, 4) is 0 Å². The molecule has 0 saturated carbocycles. The van der Waals surface area contributed by atoms with Gasteiger partial charge in [-0.1, -0.05) is 19.4 Å². The van der Waals surface area contributed by atoms with Crippen LogP contribution < -0.4 is 15.8 Å². The lowest BCUT2D eigenvalue weighted by molar-refractivity contribution is 0.589. The second-order valence-corrected chi connectivity index (χ2v) is 5.38. The largest absolute Gasteiger partial charge is 0.369 e. The van der Waals surface area contributed by atoms with Gasteiger partial charge in [0.25, 0.3) is 5.56 Å². The highest BCUT2D eigenvalue weighted by molar-refractivity contribution is 5.82. The van der Waals surface area contributed by atoms with Crippen molar-refractivity contribution in [3.05, 3.63) is 40.2 Å². The average Bonchev–Trinajstić information content (AvgIpc) is 2.49. The number of nitrogens with one attached hydrogen (secondary N) is 2. The van der Waals surface area contributed by atoms with Crippen molar-refractivity contribution in [2.45, 2.75) is 19.8 Å². The summed E-state index contributed by atoms with van der Waals surface area (Å²) in [7, 11) is 0. The molecule has 1 aromatic heterocycles. The van der Waals surface area contributed by atoms with Crippen LogP contribution in [0.2, 0.25) is 0 Å². The van der Waals surface area contributed by atoms with Crippen molar-refractivity contribution in [1.82, 2.24) is 10.3 Å². The van der Waals surface area contributed by atoms with Gasteiger partial charge in [0.05, 0.1) is 5.52 Å². The highest BCUT2D eigenvalue weighted by Gasteiger charge is 2.11. The lowest BCUT2D eigenvalue weighted by Crippen LogP contribution is -2.43. The number of benzene rings is 1. The fourth-order valence-electron chi connectivity index (χ4n) is 2.81. The summed E-state index contributed by atoms with van der Waals surface area (Å²) in [6.07, 6.45) is 1.83. The van der Waals surface area contributed by atoms with Crippen LogP contribution >= 0.6 is 0 Å². The molecule has 0 aliphatic carbocycles. The average molecular weight is 271 g/mol. The van der Waals surface area contributed by atoms with Crippen LogP contribution in [0.1, 0.15) is 18.9 Å². The second kappa shape index (κ2) is 5.67. The number of aromatic nitrogens is 1. The SMILES string of the molecule is CCCc1cc2ccc(N3CCNCC3)cc2[nH]c1=O. The molecule has 1 aliphatic rings. The number of hydrogen-bond donors (Lipinski definition) is 2. The van der Waals surface area contributed by atoms with Gasteiger partial charge in [0.15, 0.2) is 0 Å². The smallest absolute Gasteiger partial charge is 0.251 e. The van der Waals surface area contributed by atoms with Crippen LogP contribution in [0.4, 0.5) is 5.69 Å². The van der Waals surface area contributed by atoms with Crippen LogP contribution in [0.25, 0.3) is 10.9 Å². The van der Waals surface area contributed by atoms with Crippen LogP contribution in [0.3, 0.4) is 0 Å². The number of H-pyrrole nitrogens is 1. The summed E-state index contributed by atoms with van der Waals surface area (Å²) in [6, 6.07) is 8.39. The van der Waals surface area contributed by atoms with Gasteiger partial charge in [-0.3, -0.25) is 4.79 Å². The number of anilines is 1. The maximum absolute atomic E-state index is 12.0. The third-order valence-electron chi connectivity index (χ3n) is 3.91. The Morgan fingerprint density at radius 2 is 2.00 bits per heavy atom. The van der Waals surface area contributed by atoms with Gasteiger partial charge in [-0.05, 0) is 30.0 Å². The van der Waals surface area contributed by atoms with Gasteiger partial charge in [-0.2, -0.15) is 0 Å². The molecule has 0 atom stereocenters. The molecule has 1 fully saturated rings. The molecule has 20 heavy (non-hydrogen) atoms. The van der Waals surface area contributed by atoms with E-state index in [1.54, 1.807) is 0 Å². The Kier molecular flexibility index (Phi) is 3.74. The van der Waals surface area contributed by atoms with Gasteiger partial charge in [0.1, 0.15) is 0 Å². The zero-order valence-corrected chi connectivity index (χ0v) is 11.9. The predicted octanol–water partition coefficient (Wildman–Crippen LogP) is 1.89. The van der Waals surface area contributed by atoms with E-state index in [0.717, 1.165) is 55.5 Å². The van der Waals surface area contributed by atoms with E-state index in [-0.39, 0.29) is 5.56 Å². The van der Waals surface area contributed by atoms with Crippen LogP contribution in [0.15, 0.2) is 29.1 Å². The van der Waals surface area contributed by atoms with E-state index in [2.05, 4.69) is 40.3 Å². The number of pyridine rings is 1. The molecule has 0 radical (unpaired) electrons. The van der Waals surface area contributed by atoms with E-state index >= 15 is 0 Å². The summed E-state index contributed by atoms with van der Waals surface area (Å²) in [5, 5.41) is 4.47. The second-order valence-electron chi connectivity index (χ2n) is 5.38. The third-order valence-corrected chi connectivity index (χ3v) is 3.91. The molecule has 1 saturated heterocycles. The van der Waals surface area contributed by atoms with E-state index in [4.69, 9.17) is 0 Å². The number of rotatable bonds is 3.